The predicted molar refractivity (Wildman–Crippen MR) is 161 cm³/mol. The Hall–Kier alpha value is -4.27. The Balaban J connectivity index is 1.82. The molecule has 0 saturated heterocycles. The number of rotatable bonds is 12. The van der Waals surface area contributed by atoms with E-state index in [2.05, 4.69) is 0 Å². The van der Waals surface area contributed by atoms with Gasteiger partial charge >= 0.3 is 30.4 Å². The molecule has 0 spiro atoms. The highest BCUT2D eigenvalue weighted by Crippen LogP contribution is 2.45. The summed E-state index contributed by atoms with van der Waals surface area (Å²) >= 11 is 0. The Morgan fingerprint density at radius 2 is 1.07 bits per heavy atom. The van der Waals surface area contributed by atoms with Crippen molar-refractivity contribution in [2.45, 2.75) is 6.61 Å². The molecule has 0 amide bonds. The number of ether oxygens (including phenoxy) is 2. The second kappa shape index (κ2) is 12.5. The molecule has 0 aliphatic heterocycles. The van der Waals surface area contributed by atoms with E-state index in [0.29, 0.717) is 16.7 Å². The third kappa shape index (κ3) is 9.11. The lowest BCUT2D eigenvalue weighted by Gasteiger charge is -2.18. The minimum Gasteiger partial charge on any atom is -0.496 e. The fraction of sp³-hybridized carbons (Fsp3) is 0.172. The normalized spacial score (nSPS) is 11.9. The van der Waals surface area contributed by atoms with Gasteiger partial charge < -0.3 is 22.0 Å². The summed E-state index contributed by atoms with van der Waals surface area (Å²) in [4.78, 5) is 0. The van der Waals surface area contributed by atoms with E-state index in [9.17, 15) is 25.3 Å². The van der Waals surface area contributed by atoms with Crippen LogP contribution in [-0.4, -0.2) is 51.1 Å². The van der Waals surface area contributed by atoms with Crippen LogP contribution in [0.1, 0.15) is 5.56 Å². The molecule has 0 aromatic heterocycles. The van der Waals surface area contributed by atoms with Gasteiger partial charge in [0.25, 0.3) is 0 Å². The molecule has 4 aromatic rings. The first-order valence-electron chi connectivity index (χ1n) is 12.4. The Morgan fingerprint density at radius 3 is 1.65 bits per heavy atom. The highest BCUT2D eigenvalue weighted by Gasteiger charge is 2.22. The maximum atomic E-state index is 12.3. The molecule has 0 bridgehead atoms. The van der Waals surface area contributed by atoms with Crippen molar-refractivity contribution >= 4 is 30.4 Å². The van der Waals surface area contributed by atoms with Crippen LogP contribution in [0.15, 0.2) is 84.9 Å². The summed E-state index contributed by atoms with van der Waals surface area (Å²) in [7, 11) is -10.4. The maximum absolute atomic E-state index is 12.3. The number of hydrogen-bond acceptors (Lipinski definition) is 11. The average Bonchev–Trinajstić information content (AvgIpc) is 2.90. The smallest absolute Gasteiger partial charge is 0.306 e. The molecule has 4 rings (SSSR count). The van der Waals surface area contributed by atoms with Crippen LogP contribution in [0.25, 0.3) is 22.3 Å². The van der Waals surface area contributed by atoms with Crippen molar-refractivity contribution in [3.05, 3.63) is 90.5 Å². The van der Waals surface area contributed by atoms with Crippen LogP contribution < -0.4 is 22.0 Å². The third-order valence-corrected chi connectivity index (χ3v) is 7.13. The van der Waals surface area contributed by atoms with Crippen molar-refractivity contribution < 1.29 is 47.3 Å². The zero-order valence-electron chi connectivity index (χ0n) is 23.5. The largest absolute Gasteiger partial charge is 0.496 e. The van der Waals surface area contributed by atoms with Gasteiger partial charge in [-0.3, -0.25) is 0 Å². The lowest BCUT2D eigenvalue weighted by molar-refractivity contribution is 0.296. The first-order valence-corrected chi connectivity index (χ1v) is 17.9. The molecule has 0 saturated carbocycles. The molecule has 0 radical (unpaired) electrons. The van der Waals surface area contributed by atoms with Crippen LogP contribution >= 0.6 is 0 Å². The fourth-order valence-corrected chi connectivity index (χ4v) is 5.43. The van der Waals surface area contributed by atoms with Gasteiger partial charge in [-0.25, -0.2) is 0 Å². The first-order chi connectivity index (χ1) is 20.1. The second-order valence-electron chi connectivity index (χ2n) is 9.37. The SMILES string of the molecule is COc1cc(-c2ccc(OS(C)(=O)=O)cc2)cc(OS(C)(=O)=O)c1-c1ccc(OCc2ccccc2)c(OS(C)(=O)=O)c1. The third-order valence-electron chi connectivity index (χ3n) is 5.67. The number of methoxy groups -OCH3 is 1. The van der Waals surface area contributed by atoms with E-state index in [0.717, 1.165) is 24.3 Å². The summed E-state index contributed by atoms with van der Waals surface area (Å²) < 4.78 is 98.6. The molecule has 0 N–H and O–H groups in total. The van der Waals surface area contributed by atoms with Crippen molar-refractivity contribution in [3.63, 3.8) is 0 Å². The minimum atomic E-state index is -4.04. The Bertz CT molecular complexity index is 1940. The van der Waals surface area contributed by atoms with Crippen LogP contribution in [-0.2, 0) is 37.0 Å². The molecule has 0 aliphatic carbocycles. The first kappa shape index (κ1) is 31.7. The van der Waals surface area contributed by atoms with Crippen LogP contribution in [0.2, 0.25) is 0 Å². The van der Waals surface area contributed by atoms with Crippen molar-refractivity contribution in [2.75, 3.05) is 25.9 Å². The standard InChI is InChI=1S/C29H28O11S3/c1-36-27-17-23(21-10-13-24(14-11-21)38-41(2,30)31)18-28(40-43(4,34)35)29(27)22-12-15-25(26(16-22)39-42(3,32)33)37-19-20-8-6-5-7-9-20/h5-18H,19H2,1-4H3. The Labute approximate surface area is 250 Å². The zero-order chi connectivity index (χ0) is 31.4. The molecule has 11 nitrogen and oxygen atoms in total. The van der Waals surface area contributed by atoms with Crippen molar-refractivity contribution in [3.8, 4) is 51.0 Å². The van der Waals surface area contributed by atoms with Crippen LogP contribution in [0, 0.1) is 0 Å². The molecule has 0 atom stereocenters. The van der Waals surface area contributed by atoms with Gasteiger partial charge in [-0.15, -0.1) is 0 Å². The van der Waals surface area contributed by atoms with Gasteiger partial charge in [0.05, 0.1) is 31.4 Å². The molecule has 0 unspecified atom stereocenters. The summed E-state index contributed by atoms with van der Waals surface area (Å²) in [5.74, 6) is 0.173. The van der Waals surface area contributed by atoms with E-state index >= 15 is 0 Å². The molecule has 0 heterocycles. The summed E-state index contributed by atoms with van der Waals surface area (Å²) in [6.45, 7) is 0.134. The van der Waals surface area contributed by atoms with Crippen molar-refractivity contribution in [2.24, 2.45) is 0 Å². The van der Waals surface area contributed by atoms with Gasteiger partial charge in [-0.2, -0.15) is 25.3 Å². The quantitative estimate of drug-likeness (QED) is 0.198. The molecule has 43 heavy (non-hydrogen) atoms. The van der Waals surface area contributed by atoms with Gasteiger partial charge in [-0.1, -0.05) is 48.5 Å². The maximum Gasteiger partial charge on any atom is 0.306 e. The van der Waals surface area contributed by atoms with Gasteiger partial charge in [0.15, 0.2) is 17.2 Å². The van der Waals surface area contributed by atoms with E-state index in [1.807, 2.05) is 30.3 Å². The molecular formula is C29H28O11S3. The van der Waals surface area contributed by atoms with Gasteiger partial charge in [0.2, 0.25) is 0 Å². The number of hydrogen-bond donors (Lipinski definition) is 0. The zero-order valence-corrected chi connectivity index (χ0v) is 26.0. The molecular weight excluding hydrogens is 621 g/mol. The molecule has 14 heteroatoms. The van der Waals surface area contributed by atoms with Gasteiger partial charge in [-0.05, 0) is 58.7 Å². The highest BCUT2D eigenvalue weighted by atomic mass is 32.2. The average molecular weight is 649 g/mol. The summed E-state index contributed by atoms with van der Waals surface area (Å²) in [5, 5.41) is 0. The van der Waals surface area contributed by atoms with Crippen LogP contribution in [0.5, 0.6) is 28.7 Å². The van der Waals surface area contributed by atoms with Gasteiger partial charge in [0.1, 0.15) is 18.1 Å². The monoisotopic (exact) mass is 648 g/mol. The van der Waals surface area contributed by atoms with E-state index in [1.165, 1.54) is 37.4 Å². The molecule has 0 fully saturated rings. The number of benzene rings is 4. The van der Waals surface area contributed by atoms with E-state index in [-0.39, 0.29) is 40.9 Å². The predicted octanol–water partition coefficient (Wildman–Crippen LogP) is 4.62. The lowest BCUT2D eigenvalue weighted by atomic mass is 9.97. The summed E-state index contributed by atoms with van der Waals surface area (Å²) in [5.41, 5.74) is 2.38. The van der Waals surface area contributed by atoms with E-state index in [4.69, 9.17) is 22.0 Å². The van der Waals surface area contributed by atoms with Gasteiger partial charge in [0, 0.05) is 0 Å². The topological polar surface area (TPSA) is 149 Å². The Morgan fingerprint density at radius 1 is 0.535 bits per heavy atom. The van der Waals surface area contributed by atoms with E-state index < -0.39 is 30.4 Å². The second-order valence-corrected chi connectivity index (χ2v) is 14.1. The van der Waals surface area contributed by atoms with Crippen molar-refractivity contribution in [1.29, 1.82) is 0 Å². The lowest BCUT2D eigenvalue weighted by Crippen LogP contribution is -2.09. The van der Waals surface area contributed by atoms with Crippen LogP contribution in [0.4, 0.5) is 0 Å². The highest BCUT2D eigenvalue weighted by molar-refractivity contribution is 7.86. The van der Waals surface area contributed by atoms with Crippen molar-refractivity contribution in [1.82, 2.24) is 0 Å². The fourth-order valence-electron chi connectivity index (χ4n) is 4.05. The molecule has 4 aromatic carbocycles. The molecule has 0 aliphatic rings. The minimum absolute atomic E-state index is 0.0930. The summed E-state index contributed by atoms with van der Waals surface area (Å²) in [6, 6.07) is 22.8. The van der Waals surface area contributed by atoms with Crippen LogP contribution in [0.3, 0.4) is 0 Å². The summed E-state index contributed by atoms with van der Waals surface area (Å²) in [6.07, 6.45) is 2.69. The molecule has 228 valence electrons. The van der Waals surface area contributed by atoms with E-state index in [1.54, 1.807) is 24.3 Å². The Kier molecular flexibility index (Phi) is 9.23.